The molecule has 0 saturated heterocycles. The zero-order valence-electron chi connectivity index (χ0n) is 13.8. The van der Waals surface area contributed by atoms with Crippen LogP contribution in [0.2, 0.25) is 0 Å². The second kappa shape index (κ2) is 6.40. The van der Waals surface area contributed by atoms with Crippen molar-refractivity contribution in [3.63, 3.8) is 0 Å². The number of fused-ring (bicyclic) bond motifs is 1. The van der Waals surface area contributed by atoms with E-state index in [0.717, 1.165) is 12.1 Å². The lowest BCUT2D eigenvalue weighted by Gasteiger charge is -2.23. The van der Waals surface area contributed by atoms with Gasteiger partial charge in [0, 0.05) is 29.2 Å². The summed E-state index contributed by atoms with van der Waals surface area (Å²) in [4.78, 5) is 4.54. The monoisotopic (exact) mass is 282 g/mol. The van der Waals surface area contributed by atoms with E-state index in [0.29, 0.717) is 5.92 Å². The highest BCUT2D eigenvalue weighted by molar-refractivity contribution is 5.87. The van der Waals surface area contributed by atoms with Crippen LogP contribution < -0.4 is 5.32 Å². The first-order valence-electron chi connectivity index (χ1n) is 7.66. The Morgan fingerprint density at radius 1 is 1.19 bits per heavy atom. The SMILES string of the molecule is CC(C)C(=Cc1cccc2cccnc12)CNC(C)(C)C. The average molecular weight is 282 g/mol. The lowest BCUT2D eigenvalue weighted by molar-refractivity contribution is 0.437. The Morgan fingerprint density at radius 2 is 1.90 bits per heavy atom. The zero-order chi connectivity index (χ0) is 15.5. The van der Waals surface area contributed by atoms with E-state index >= 15 is 0 Å². The molecule has 1 N–H and O–H groups in total. The van der Waals surface area contributed by atoms with E-state index in [4.69, 9.17) is 0 Å². The minimum atomic E-state index is 0.130. The summed E-state index contributed by atoms with van der Waals surface area (Å²) >= 11 is 0. The highest BCUT2D eigenvalue weighted by atomic mass is 14.9. The molecule has 2 rings (SSSR count). The highest BCUT2D eigenvalue weighted by Crippen LogP contribution is 2.21. The third-order valence-electron chi connectivity index (χ3n) is 3.57. The first-order valence-corrected chi connectivity index (χ1v) is 7.66. The van der Waals surface area contributed by atoms with Gasteiger partial charge >= 0.3 is 0 Å². The normalized spacial score (nSPS) is 13.1. The average Bonchev–Trinajstić information content (AvgIpc) is 2.42. The maximum absolute atomic E-state index is 4.54. The van der Waals surface area contributed by atoms with Crippen molar-refractivity contribution >= 4 is 17.0 Å². The summed E-state index contributed by atoms with van der Waals surface area (Å²) in [7, 11) is 0. The lowest BCUT2D eigenvalue weighted by atomic mass is 9.97. The van der Waals surface area contributed by atoms with Crippen LogP contribution in [0.15, 0.2) is 42.1 Å². The van der Waals surface area contributed by atoms with Gasteiger partial charge in [-0.25, -0.2) is 0 Å². The molecular formula is C19H26N2. The molecule has 0 radical (unpaired) electrons. The van der Waals surface area contributed by atoms with Crippen molar-refractivity contribution in [2.24, 2.45) is 5.92 Å². The second-order valence-electron chi connectivity index (χ2n) is 6.90. The van der Waals surface area contributed by atoms with E-state index in [9.17, 15) is 0 Å². The number of pyridine rings is 1. The summed E-state index contributed by atoms with van der Waals surface area (Å²) in [5.41, 5.74) is 3.81. The van der Waals surface area contributed by atoms with Crippen molar-refractivity contribution in [1.82, 2.24) is 10.3 Å². The number of nitrogens with one attached hydrogen (secondary N) is 1. The molecule has 0 unspecified atom stereocenters. The van der Waals surface area contributed by atoms with Crippen molar-refractivity contribution in [1.29, 1.82) is 0 Å². The van der Waals surface area contributed by atoms with E-state index in [1.54, 1.807) is 0 Å². The van der Waals surface area contributed by atoms with Gasteiger partial charge in [0.25, 0.3) is 0 Å². The number of hydrogen-bond acceptors (Lipinski definition) is 2. The molecule has 2 nitrogen and oxygen atoms in total. The lowest BCUT2D eigenvalue weighted by Crippen LogP contribution is -2.37. The summed E-state index contributed by atoms with van der Waals surface area (Å²) in [6.07, 6.45) is 4.15. The Kier molecular flexibility index (Phi) is 4.79. The number of aromatic nitrogens is 1. The van der Waals surface area contributed by atoms with E-state index < -0.39 is 0 Å². The minimum Gasteiger partial charge on any atom is -0.308 e. The van der Waals surface area contributed by atoms with Gasteiger partial charge in [0.2, 0.25) is 0 Å². The van der Waals surface area contributed by atoms with Crippen LogP contribution in [0.3, 0.4) is 0 Å². The van der Waals surface area contributed by atoms with Gasteiger partial charge in [-0.2, -0.15) is 0 Å². The highest BCUT2D eigenvalue weighted by Gasteiger charge is 2.12. The molecule has 0 bridgehead atoms. The molecule has 2 aromatic rings. The molecule has 0 saturated carbocycles. The summed E-state index contributed by atoms with van der Waals surface area (Å²) < 4.78 is 0. The molecule has 0 aliphatic heterocycles. The topological polar surface area (TPSA) is 24.9 Å². The predicted molar refractivity (Wildman–Crippen MR) is 92.3 cm³/mol. The molecular weight excluding hydrogens is 256 g/mol. The quantitative estimate of drug-likeness (QED) is 0.882. The van der Waals surface area contributed by atoms with Gasteiger partial charge in [0.15, 0.2) is 0 Å². The van der Waals surface area contributed by atoms with Gasteiger partial charge in [-0.3, -0.25) is 4.98 Å². The standard InChI is InChI=1S/C19H26N2/c1-14(2)17(13-21-19(3,4)5)12-16-9-6-8-15-10-7-11-20-18(15)16/h6-12,14,21H,13H2,1-5H3. The Labute approximate surface area is 128 Å². The van der Waals surface area contributed by atoms with Crippen LogP contribution in [0.1, 0.15) is 40.2 Å². The van der Waals surface area contributed by atoms with Gasteiger partial charge in [-0.15, -0.1) is 0 Å². The van der Waals surface area contributed by atoms with Crippen LogP contribution in [0, 0.1) is 5.92 Å². The van der Waals surface area contributed by atoms with Crippen LogP contribution >= 0.6 is 0 Å². The van der Waals surface area contributed by atoms with Gasteiger partial charge in [-0.05, 0) is 32.8 Å². The molecule has 0 atom stereocenters. The Balaban J connectivity index is 2.36. The molecule has 21 heavy (non-hydrogen) atoms. The fourth-order valence-corrected chi connectivity index (χ4v) is 2.23. The number of para-hydroxylation sites is 1. The molecule has 1 aromatic heterocycles. The van der Waals surface area contributed by atoms with Crippen LogP contribution in [0.4, 0.5) is 0 Å². The van der Waals surface area contributed by atoms with Crippen molar-refractivity contribution in [2.45, 2.75) is 40.2 Å². The first kappa shape index (κ1) is 15.7. The zero-order valence-corrected chi connectivity index (χ0v) is 13.8. The van der Waals surface area contributed by atoms with Gasteiger partial charge in [0.05, 0.1) is 5.52 Å². The second-order valence-corrected chi connectivity index (χ2v) is 6.90. The van der Waals surface area contributed by atoms with Crippen LogP contribution in [-0.4, -0.2) is 17.1 Å². The minimum absolute atomic E-state index is 0.130. The van der Waals surface area contributed by atoms with Gasteiger partial charge in [-0.1, -0.05) is 49.8 Å². The number of hydrogen-bond donors (Lipinski definition) is 1. The van der Waals surface area contributed by atoms with E-state index in [1.807, 2.05) is 12.3 Å². The molecule has 0 aliphatic rings. The van der Waals surface area contributed by atoms with Gasteiger partial charge < -0.3 is 5.32 Å². The summed E-state index contributed by atoms with van der Waals surface area (Å²) in [5.74, 6) is 0.513. The smallest absolute Gasteiger partial charge is 0.0774 e. The largest absolute Gasteiger partial charge is 0.308 e. The molecule has 0 spiro atoms. The number of nitrogens with zero attached hydrogens (tertiary/aromatic N) is 1. The maximum atomic E-state index is 4.54. The Bertz CT molecular complexity index is 628. The Hall–Kier alpha value is -1.67. The molecule has 112 valence electrons. The molecule has 1 heterocycles. The maximum Gasteiger partial charge on any atom is 0.0774 e. The van der Waals surface area contributed by atoms with Crippen molar-refractivity contribution in [2.75, 3.05) is 6.54 Å². The summed E-state index contributed by atoms with van der Waals surface area (Å²) in [5, 5.41) is 4.78. The molecule has 0 aliphatic carbocycles. The van der Waals surface area contributed by atoms with Gasteiger partial charge in [0.1, 0.15) is 0 Å². The summed E-state index contributed by atoms with van der Waals surface area (Å²) in [6, 6.07) is 10.5. The molecule has 0 amide bonds. The molecule has 1 aromatic carbocycles. The molecule has 0 fully saturated rings. The number of rotatable bonds is 4. The number of benzene rings is 1. The summed E-state index contributed by atoms with van der Waals surface area (Å²) in [6.45, 7) is 12.0. The predicted octanol–water partition coefficient (Wildman–Crippen LogP) is 4.66. The Morgan fingerprint density at radius 3 is 2.57 bits per heavy atom. The van der Waals surface area contributed by atoms with Crippen molar-refractivity contribution in [3.05, 3.63) is 47.7 Å². The molecule has 2 heteroatoms. The van der Waals surface area contributed by atoms with E-state index in [2.05, 4.69) is 75.3 Å². The third-order valence-corrected chi connectivity index (χ3v) is 3.57. The van der Waals surface area contributed by atoms with Crippen LogP contribution in [0.5, 0.6) is 0 Å². The van der Waals surface area contributed by atoms with E-state index in [1.165, 1.54) is 16.5 Å². The van der Waals surface area contributed by atoms with E-state index in [-0.39, 0.29) is 5.54 Å². The fraction of sp³-hybridized carbons (Fsp3) is 0.421. The first-order chi connectivity index (χ1) is 9.87. The third kappa shape index (κ3) is 4.40. The van der Waals surface area contributed by atoms with Crippen molar-refractivity contribution < 1.29 is 0 Å². The van der Waals surface area contributed by atoms with Crippen LogP contribution in [0.25, 0.3) is 17.0 Å². The van der Waals surface area contributed by atoms with Crippen LogP contribution in [-0.2, 0) is 0 Å². The fourth-order valence-electron chi connectivity index (χ4n) is 2.23. The van der Waals surface area contributed by atoms with Crippen molar-refractivity contribution in [3.8, 4) is 0 Å².